The van der Waals surface area contributed by atoms with E-state index in [2.05, 4.69) is 10.1 Å². The van der Waals surface area contributed by atoms with Crippen LogP contribution in [-0.2, 0) is 11.3 Å². The number of carbonyl (C=O) groups excluding carboxylic acids is 1. The highest BCUT2D eigenvalue weighted by Crippen LogP contribution is 2.29. The first kappa shape index (κ1) is 19.1. The van der Waals surface area contributed by atoms with E-state index >= 15 is 0 Å². The third-order valence-electron chi connectivity index (χ3n) is 4.64. The molecule has 0 aliphatic heterocycles. The van der Waals surface area contributed by atoms with Gasteiger partial charge in [0.15, 0.2) is 5.13 Å². The first-order chi connectivity index (χ1) is 14.1. The van der Waals surface area contributed by atoms with E-state index in [1.54, 1.807) is 11.0 Å². The summed E-state index contributed by atoms with van der Waals surface area (Å²) in [7, 11) is 0. The number of aryl methyl sites for hydroxylation is 2. The molecule has 2 aromatic carbocycles. The average molecular weight is 403 g/mol. The van der Waals surface area contributed by atoms with E-state index in [1.807, 2.05) is 85.3 Å². The second kappa shape index (κ2) is 8.41. The Balaban J connectivity index is 1.61. The van der Waals surface area contributed by atoms with Crippen LogP contribution in [0, 0.1) is 13.8 Å². The average Bonchev–Trinajstić information content (AvgIpc) is 3.29. The lowest BCUT2D eigenvalue weighted by Gasteiger charge is -2.18. The Labute approximate surface area is 173 Å². The molecule has 4 aromatic rings. The maximum atomic E-state index is 13.1. The van der Waals surface area contributed by atoms with Crippen LogP contribution in [0.15, 0.2) is 66.7 Å². The van der Waals surface area contributed by atoms with Gasteiger partial charge in [0.25, 0.3) is 5.91 Å². The number of amides is 1. The molecule has 5 nitrogen and oxygen atoms in total. The van der Waals surface area contributed by atoms with Crippen molar-refractivity contribution in [3.05, 3.63) is 83.7 Å². The van der Waals surface area contributed by atoms with Crippen LogP contribution in [0.3, 0.4) is 0 Å². The first-order valence-electron chi connectivity index (χ1n) is 9.51. The SMILES string of the molecule is Cc1cc(C)n(CCN(C(=O)/C=C/c2ccccc2)c2nc3ccccc3s2)n1. The van der Waals surface area contributed by atoms with Crippen molar-refractivity contribution in [1.29, 1.82) is 0 Å². The van der Waals surface area contributed by atoms with Crippen molar-refractivity contribution < 1.29 is 4.79 Å². The standard InChI is InChI=1S/C23H22N4OS/c1-17-16-18(2)27(25-17)15-14-26(22(28)13-12-19-8-4-3-5-9-19)23-24-20-10-6-7-11-21(20)29-23/h3-13,16H,14-15H2,1-2H3/b13-12+. The smallest absolute Gasteiger partial charge is 0.252 e. The van der Waals surface area contributed by atoms with Crippen molar-refractivity contribution >= 4 is 38.7 Å². The minimum Gasteiger partial charge on any atom is -0.283 e. The van der Waals surface area contributed by atoms with Crippen LogP contribution in [-0.4, -0.2) is 27.2 Å². The number of anilines is 1. The summed E-state index contributed by atoms with van der Waals surface area (Å²) in [5.41, 5.74) is 3.95. The minimum atomic E-state index is -0.0885. The van der Waals surface area contributed by atoms with Gasteiger partial charge in [-0.25, -0.2) is 4.98 Å². The molecule has 0 N–H and O–H groups in total. The Morgan fingerprint density at radius 1 is 1.10 bits per heavy atom. The van der Waals surface area contributed by atoms with Crippen LogP contribution in [0.5, 0.6) is 0 Å². The van der Waals surface area contributed by atoms with E-state index in [4.69, 9.17) is 0 Å². The maximum Gasteiger partial charge on any atom is 0.252 e. The van der Waals surface area contributed by atoms with Crippen LogP contribution >= 0.6 is 11.3 Å². The third kappa shape index (κ3) is 4.43. The number of carbonyl (C=O) groups is 1. The van der Waals surface area contributed by atoms with Gasteiger partial charge < -0.3 is 0 Å². The van der Waals surface area contributed by atoms with Crippen molar-refractivity contribution in [3.63, 3.8) is 0 Å². The Bertz CT molecular complexity index is 1130. The van der Waals surface area contributed by atoms with E-state index in [0.29, 0.717) is 18.2 Å². The molecule has 2 heterocycles. The molecule has 29 heavy (non-hydrogen) atoms. The molecule has 0 radical (unpaired) electrons. The number of hydrogen-bond donors (Lipinski definition) is 0. The molecule has 0 bridgehead atoms. The molecule has 0 unspecified atom stereocenters. The highest BCUT2D eigenvalue weighted by molar-refractivity contribution is 7.22. The van der Waals surface area contributed by atoms with Crippen LogP contribution in [0.1, 0.15) is 17.0 Å². The van der Waals surface area contributed by atoms with Gasteiger partial charge in [-0.15, -0.1) is 0 Å². The van der Waals surface area contributed by atoms with Gasteiger partial charge in [-0.1, -0.05) is 53.8 Å². The van der Waals surface area contributed by atoms with Crippen molar-refractivity contribution in [2.24, 2.45) is 0 Å². The number of hydrogen-bond acceptors (Lipinski definition) is 4. The molecule has 0 saturated heterocycles. The number of para-hydroxylation sites is 1. The number of nitrogens with zero attached hydrogens (tertiary/aromatic N) is 4. The van der Waals surface area contributed by atoms with Crippen molar-refractivity contribution in [2.45, 2.75) is 20.4 Å². The number of aromatic nitrogens is 3. The second-order valence-corrected chi connectivity index (χ2v) is 7.86. The van der Waals surface area contributed by atoms with E-state index in [9.17, 15) is 4.79 Å². The maximum absolute atomic E-state index is 13.1. The molecule has 6 heteroatoms. The van der Waals surface area contributed by atoms with Gasteiger partial charge >= 0.3 is 0 Å². The summed E-state index contributed by atoms with van der Waals surface area (Å²) >= 11 is 1.53. The van der Waals surface area contributed by atoms with Gasteiger partial charge in [-0.3, -0.25) is 14.4 Å². The molecule has 4 rings (SSSR count). The summed E-state index contributed by atoms with van der Waals surface area (Å²) in [6.45, 7) is 5.11. The zero-order valence-corrected chi connectivity index (χ0v) is 17.3. The highest BCUT2D eigenvalue weighted by atomic mass is 32.1. The number of rotatable bonds is 6. The molecule has 0 aliphatic carbocycles. The van der Waals surface area contributed by atoms with Crippen molar-refractivity contribution in [3.8, 4) is 0 Å². The molecular formula is C23H22N4OS. The number of fused-ring (bicyclic) bond motifs is 1. The summed E-state index contributed by atoms with van der Waals surface area (Å²) in [4.78, 5) is 19.5. The first-order valence-corrected chi connectivity index (χ1v) is 10.3. The minimum absolute atomic E-state index is 0.0885. The van der Waals surface area contributed by atoms with Crippen molar-refractivity contribution in [1.82, 2.24) is 14.8 Å². The lowest BCUT2D eigenvalue weighted by molar-refractivity contribution is -0.114. The zero-order valence-electron chi connectivity index (χ0n) is 16.4. The molecule has 0 aliphatic rings. The molecule has 0 spiro atoms. The summed E-state index contributed by atoms with van der Waals surface area (Å²) in [6.07, 6.45) is 3.45. The fourth-order valence-electron chi connectivity index (χ4n) is 3.19. The van der Waals surface area contributed by atoms with E-state index in [0.717, 1.165) is 27.2 Å². The summed E-state index contributed by atoms with van der Waals surface area (Å²) in [5.74, 6) is -0.0885. The predicted octanol–water partition coefficient (Wildman–Crippen LogP) is 4.86. The van der Waals surface area contributed by atoms with Crippen LogP contribution in [0.25, 0.3) is 16.3 Å². The van der Waals surface area contributed by atoms with E-state index in [1.165, 1.54) is 11.3 Å². The van der Waals surface area contributed by atoms with E-state index < -0.39 is 0 Å². The molecular weight excluding hydrogens is 380 g/mol. The lowest BCUT2D eigenvalue weighted by Crippen LogP contribution is -2.33. The van der Waals surface area contributed by atoms with Crippen LogP contribution in [0.2, 0.25) is 0 Å². The monoisotopic (exact) mass is 402 g/mol. The van der Waals surface area contributed by atoms with Gasteiger partial charge in [-0.05, 0) is 43.7 Å². The summed E-state index contributed by atoms with van der Waals surface area (Å²) < 4.78 is 3.00. The second-order valence-electron chi connectivity index (χ2n) is 6.85. The quantitative estimate of drug-likeness (QED) is 0.433. The predicted molar refractivity (Wildman–Crippen MR) is 119 cm³/mol. The Morgan fingerprint density at radius 3 is 2.59 bits per heavy atom. The Hall–Kier alpha value is -3.25. The summed E-state index contributed by atoms with van der Waals surface area (Å²) in [6, 6.07) is 19.8. The number of benzene rings is 2. The normalized spacial score (nSPS) is 11.4. The highest BCUT2D eigenvalue weighted by Gasteiger charge is 2.18. The Morgan fingerprint density at radius 2 is 1.86 bits per heavy atom. The molecule has 146 valence electrons. The fourth-order valence-corrected chi connectivity index (χ4v) is 4.19. The molecule has 1 amide bonds. The largest absolute Gasteiger partial charge is 0.283 e. The number of thiazole rings is 1. The molecule has 0 atom stereocenters. The van der Waals surface area contributed by atoms with Gasteiger partial charge in [-0.2, -0.15) is 5.10 Å². The van der Waals surface area contributed by atoms with Crippen LogP contribution < -0.4 is 4.90 Å². The third-order valence-corrected chi connectivity index (χ3v) is 5.70. The van der Waals surface area contributed by atoms with E-state index in [-0.39, 0.29) is 5.91 Å². The van der Waals surface area contributed by atoms with Crippen LogP contribution in [0.4, 0.5) is 5.13 Å². The molecule has 0 fully saturated rings. The Kier molecular flexibility index (Phi) is 5.53. The molecule has 0 saturated carbocycles. The zero-order chi connectivity index (χ0) is 20.2. The van der Waals surface area contributed by atoms with Gasteiger partial charge in [0.1, 0.15) is 0 Å². The van der Waals surface area contributed by atoms with Crippen molar-refractivity contribution in [2.75, 3.05) is 11.4 Å². The van der Waals surface area contributed by atoms with Gasteiger partial charge in [0.2, 0.25) is 0 Å². The van der Waals surface area contributed by atoms with Gasteiger partial charge in [0, 0.05) is 18.3 Å². The fraction of sp³-hybridized carbons (Fsp3) is 0.174. The lowest BCUT2D eigenvalue weighted by atomic mass is 10.2. The molecule has 2 aromatic heterocycles. The van der Waals surface area contributed by atoms with Gasteiger partial charge in [0.05, 0.1) is 22.5 Å². The summed E-state index contributed by atoms with van der Waals surface area (Å²) in [5, 5.41) is 5.22. The topological polar surface area (TPSA) is 51.0 Å².